The quantitative estimate of drug-likeness (QED) is 0.862. The molecule has 4 heteroatoms. The van der Waals surface area contributed by atoms with Crippen molar-refractivity contribution in [3.05, 3.63) is 34.9 Å². The first kappa shape index (κ1) is 13.0. The Morgan fingerprint density at radius 2 is 2.25 bits per heavy atom. The average Bonchev–Trinajstić information content (AvgIpc) is 2.16. The van der Waals surface area contributed by atoms with E-state index in [0.717, 1.165) is 5.56 Å². The Morgan fingerprint density at radius 3 is 2.81 bits per heavy atom. The van der Waals surface area contributed by atoms with Gasteiger partial charge in [-0.15, -0.1) is 0 Å². The topological polar surface area (TPSA) is 40.5 Å². The van der Waals surface area contributed by atoms with E-state index in [1.54, 1.807) is 0 Å². The number of benzene rings is 1. The first-order valence-corrected chi connectivity index (χ1v) is 5.53. The summed E-state index contributed by atoms with van der Waals surface area (Å²) < 4.78 is 0. The minimum atomic E-state index is -0.773. The van der Waals surface area contributed by atoms with Crippen LogP contribution in [0.1, 0.15) is 18.9 Å². The van der Waals surface area contributed by atoms with Crippen LogP contribution >= 0.6 is 11.6 Å². The molecule has 0 saturated carbocycles. The number of hydrogen-bond acceptors (Lipinski definition) is 2. The summed E-state index contributed by atoms with van der Waals surface area (Å²) in [5, 5.41) is 9.40. The summed E-state index contributed by atoms with van der Waals surface area (Å²) in [6.45, 7) is 2.60. The molecule has 88 valence electrons. The molecule has 0 bridgehead atoms. The molecule has 0 aliphatic rings. The van der Waals surface area contributed by atoms with Crippen LogP contribution in [0.15, 0.2) is 24.3 Å². The van der Waals surface area contributed by atoms with E-state index in [9.17, 15) is 4.79 Å². The van der Waals surface area contributed by atoms with E-state index in [1.165, 1.54) is 0 Å². The van der Waals surface area contributed by atoms with Gasteiger partial charge in [-0.25, -0.2) is 0 Å². The molecule has 1 unspecified atom stereocenters. The molecule has 1 N–H and O–H groups in total. The smallest absolute Gasteiger partial charge is 0.304 e. The Kier molecular flexibility index (Phi) is 4.77. The van der Waals surface area contributed by atoms with Crippen molar-refractivity contribution in [2.45, 2.75) is 25.9 Å². The van der Waals surface area contributed by atoms with Crippen molar-refractivity contribution in [2.75, 3.05) is 7.05 Å². The molecule has 1 rings (SSSR count). The number of nitrogens with zero attached hydrogens (tertiary/aromatic N) is 1. The second-order valence-corrected chi connectivity index (χ2v) is 4.43. The van der Waals surface area contributed by atoms with E-state index in [0.29, 0.717) is 11.6 Å². The lowest BCUT2D eigenvalue weighted by Gasteiger charge is -2.23. The molecule has 3 nitrogen and oxygen atoms in total. The molecule has 0 aliphatic carbocycles. The van der Waals surface area contributed by atoms with Crippen molar-refractivity contribution in [1.29, 1.82) is 0 Å². The minimum Gasteiger partial charge on any atom is -0.481 e. The summed E-state index contributed by atoms with van der Waals surface area (Å²) in [6, 6.07) is 7.61. The summed E-state index contributed by atoms with van der Waals surface area (Å²) in [7, 11) is 1.91. The van der Waals surface area contributed by atoms with Gasteiger partial charge in [-0.1, -0.05) is 23.7 Å². The van der Waals surface area contributed by atoms with E-state index >= 15 is 0 Å². The number of aliphatic carboxylic acids is 1. The van der Waals surface area contributed by atoms with Crippen LogP contribution in [0.4, 0.5) is 0 Å². The minimum absolute atomic E-state index is 0.0106. The number of rotatable bonds is 5. The predicted octanol–water partition coefficient (Wildman–Crippen LogP) is 2.64. The SMILES string of the molecule is CC(CC(=O)O)N(C)Cc1cccc(Cl)c1. The second kappa shape index (κ2) is 5.87. The second-order valence-electron chi connectivity index (χ2n) is 3.99. The van der Waals surface area contributed by atoms with Crippen LogP contribution < -0.4 is 0 Å². The molecule has 0 heterocycles. The Balaban J connectivity index is 2.56. The van der Waals surface area contributed by atoms with Crippen LogP contribution in [0, 0.1) is 0 Å². The largest absolute Gasteiger partial charge is 0.481 e. The Labute approximate surface area is 101 Å². The Hall–Kier alpha value is -1.06. The molecule has 0 fully saturated rings. The van der Waals surface area contributed by atoms with Crippen LogP contribution in [0.2, 0.25) is 5.02 Å². The highest BCUT2D eigenvalue weighted by Crippen LogP contribution is 2.13. The van der Waals surface area contributed by atoms with Crippen LogP contribution in [0.3, 0.4) is 0 Å². The van der Waals surface area contributed by atoms with Crippen LogP contribution in [-0.2, 0) is 11.3 Å². The van der Waals surface area contributed by atoms with Crippen molar-refractivity contribution in [3.63, 3.8) is 0 Å². The first-order valence-electron chi connectivity index (χ1n) is 5.15. The average molecular weight is 242 g/mol. The zero-order chi connectivity index (χ0) is 12.1. The Morgan fingerprint density at radius 1 is 1.56 bits per heavy atom. The van der Waals surface area contributed by atoms with Crippen molar-refractivity contribution in [2.24, 2.45) is 0 Å². The zero-order valence-corrected chi connectivity index (χ0v) is 10.2. The molecule has 0 saturated heterocycles. The number of carboxylic acid groups (broad SMARTS) is 1. The zero-order valence-electron chi connectivity index (χ0n) is 9.48. The number of carbonyl (C=O) groups is 1. The van der Waals surface area contributed by atoms with E-state index < -0.39 is 5.97 Å². The van der Waals surface area contributed by atoms with E-state index in [-0.39, 0.29) is 12.5 Å². The van der Waals surface area contributed by atoms with Gasteiger partial charge < -0.3 is 5.11 Å². The van der Waals surface area contributed by atoms with Gasteiger partial charge in [0.15, 0.2) is 0 Å². The normalized spacial score (nSPS) is 12.8. The van der Waals surface area contributed by atoms with Gasteiger partial charge in [-0.2, -0.15) is 0 Å². The van der Waals surface area contributed by atoms with Gasteiger partial charge in [0.2, 0.25) is 0 Å². The summed E-state index contributed by atoms with van der Waals surface area (Å²) in [6.07, 6.45) is 0.150. The molecular formula is C12H16ClNO2. The van der Waals surface area contributed by atoms with E-state index in [4.69, 9.17) is 16.7 Å². The van der Waals surface area contributed by atoms with Gasteiger partial charge in [0.1, 0.15) is 0 Å². The summed E-state index contributed by atoms with van der Waals surface area (Å²) in [5.74, 6) is -0.773. The highest BCUT2D eigenvalue weighted by Gasteiger charge is 2.13. The first-order chi connectivity index (χ1) is 7.49. The standard InChI is InChI=1S/C12H16ClNO2/c1-9(6-12(15)16)14(2)8-10-4-3-5-11(13)7-10/h3-5,7,9H,6,8H2,1-2H3,(H,15,16). The van der Waals surface area contributed by atoms with E-state index in [2.05, 4.69) is 0 Å². The lowest BCUT2D eigenvalue weighted by Crippen LogP contribution is -2.30. The van der Waals surface area contributed by atoms with Gasteiger partial charge in [0.25, 0.3) is 0 Å². The molecule has 0 aromatic heterocycles. The predicted molar refractivity (Wildman–Crippen MR) is 64.6 cm³/mol. The highest BCUT2D eigenvalue weighted by molar-refractivity contribution is 6.30. The fourth-order valence-corrected chi connectivity index (χ4v) is 1.70. The fourth-order valence-electron chi connectivity index (χ4n) is 1.49. The maximum Gasteiger partial charge on any atom is 0.304 e. The summed E-state index contributed by atoms with van der Waals surface area (Å²) in [4.78, 5) is 12.6. The highest BCUT2D eigenvalue weighted by atomic mass is 35.5. The number of carboxylic acids is 1. The summed E-state index contributed by atoms with van der Waals surface area (Å²) >= 11 is 5.88. The van der Waals surface area contributed by atoms with Gasteiger partial charge in [-0.05, 0) is 31.7 Å². The van der Waals surface area contributed by atoms with Crippen LogP contribution in [0.25, 0.3) is 0 Å². The molecule has 1 aromatic carbocycles. The van der Waals surface area contributed by atoms with Crippen molar-refractivity contribution in [1.82, 2.24) is 4.90 Å². The van der Waals surface area contributed by atoms with E-state index in [1.807, 2.05) is 43.1 Å². The van der Waals surface area contributed by atoms with Gasteiger partial charge in [0.05, 0.1) is 6.42 Å². The molecule has 0 spiro atoms. The van der Waals surface area contributed by atoms with Gasteiger partial charge in [-0.3, -0.25) is 9.69 Å². The van der Waals surface area contributed by atoms with Crippen molar-refractivity contribution in [3.8, 4) is 0 Å². The summed E-state index contributed by atoms with van der Waals surface area (Å²) in [5.41, 5.74) is 1.09. The third-order valence-corrected chi connectivity index (χ3v) is 2.78. The molecular weight excluding hydrogens is 226 g/mol. The maximum absolute atomic E-state index is 10.6. The van der Waals surface area contributed by atoms with Crippen molar-refractivity contribution < 1.29 is 9.90 Å². The molecule has 16 heavy (non-hydrogen) atoms. The third-order valence-electron chi connectivity index (χ3n) is 2.54. The number of hydrogen-bond donors (Lipinski definition) is 1. The van der Waals surface area contributed by atoms with Crippen molar-refractivity contribution >= 4 is 17.6 Å². The monoisotopic (exact) mass is 241 g/mol. The van der Waals surface area contributed by atoms with Gasteiger partial charge in [0, 0.05) is 17.6 Å². The van der Waals surface area contributed by atoms with Gasteiger partial charge >= 0.3 is 5.97 Å². The Bertz CT molecular complexity index is 368. The fraction of sp³-hybridized carbons (Fsp3) is 0.417. The molecule has 1 aromatic rings. The lowest BCUT2D eigenvalue weighted by atomic mass is 10.1. The van der Waals surface area contributed by atoms with Crippen LogP contribution in [0.5, 0.6) is 0 Å². The number of halogens is 1. The molecule has 0 radical (unpaired) electrons. The third kappa shape index (κ3) is 4.21. The maximum atomic E-state index is 10.6. The molecule has 0 amide bonds. The molecule has 1 atom stereocenters. The lowest BCUT2D eigenvalue weighted by molar-refractivity contribution is -0.138. The van der Waals surface area contributed by atoms with Crippen LogP contribution in [-0.4, -0.2) is 29.1 Å². The molecule has 0 aliphatic heterocycles.